The summed E-state index contributed by atoms with van der Waals surface area (Å²) in [6, 6.07) is 2.03. The fourth-order valence-electron chi connectivity index (χ4n) is 2.11. The first-order valence-corrected chi connectivity index (χ1v) is 6.00. The highest BCUT2D eigenvalue weighted by atomic mass is 35.5. The van der Waals surface area contributed by atoms with Crippen LogP contribution in [0.5, 0.6) is 0 Å². The van der Waals surface area contributed by atoms with E-state index in [2.05, 4.69) is 27.9 Å². The van der Waals surface area contributed by atoms with E-state index in [1.807, 2.05) is 11.6 Å². The van der Waals surface area contributed by atoms with E-state index < -0.39 is 0 Å². The average molecular weight is 254 g/mol. The molecule has 0 radical (unpaired) electrons. The summed E-state index contributed by atoms with van der Waals surface area (Å²) in [6.45, 7) is 3.73. The smallest absolute Gasteiger partial charge is 0.152 e. The van der Waals surface area contributed by atoms with Gasteiger partial charge in [-0.1, -0.05) is 11.6 Å². The summed E-state index contributed by atoms with van der Waals surface area (Å²) in [4.78, 5) is 8.45. The molecular weight excluding hydrogens is 238 g/mol. The first kappa shape index (κ1) is 12.4. The highest BCUT2D eigenvalue weighted by Gasteiger charge is 2.27. The van der Waals surface area contributed by atoms with Crippen LogP contribution in [0.3, 0.4) is 0 Å². The van der Waals surface area contributed by atoms with Crippen molar-refractivity contribution in [2.45, 2.75) is 6.04 Å². The summed E-state index contributed by atoms with van der Waals surface area (Å²) in [6.07, 6.45) is 1.65. The highest BCUT2D eigenvalue weighted by molar-refractivity contribution is 6.30. The van der Waals surface area contributed by atoms with Gasteiger partial charge in [0.25, 0.3) is 0 Å². The molecule has 1 unspecified atom stereocenters. The lowest BCUT2D eigenvalue weighted by atomic mass is 10.1. The molecule has 0 saturated carbocycles. The number of rotatable bonds is 2. The predicted molar refractivity (Wildman–Crippen MR) is 65.6 cm³/mol. The fourth-order valence-corrected chi connectivity index (χ4v) is 2.39. The van der Waals surface area contributed by atoms with Crippen LogP contribution in [0.4, 0.5) is 0 Å². The van der Waals surface area contributed by atoms with Crippen LogP contribution in [0, 0.1) is 11.3 Å². The van der Waals surface area contributed by atoms with Crippen LogP contribution in [0.1, 0.15) is 11.7 Å². The average Bonchev–Trinajstić information content (AvgIpc) is 2.64. The van der Waals surface area contributed by atoms with Gasteiger partial charge in [0.05, 0.1) is 18.1 Å². The Morgan fingerprint density at radius 1 is 1.35 bits per heavy atom. The zero-order chi connectivity index (χ0) is 12.4. The maximum atomic E-state index is 9.36. The van der Waals surface area contributed by atoms with Crippen molar-refractivity contribution in [3.63, 3.8) is 0 Å². The van der Waals surface area contributed by atoms with E-state index in [9.17, 15) is 5.26 Å². The molecule has 1 saturated heterocycles. The molecule has 0 aromatic carbocycles. The van der Waals surface area contributed by atoms with E-state index >= 15 is 0 Å². The van der Waals surface area contributed by atoms with Gasteiger partial charge in [0, 0.05) is 33.2 Å². The van der Waals surface area contributed by atoms with E-state index in [0.29, 0.717) is 5.15 Å². The van der Waals surface area contributed by atoms with E-state index in [0.717, 1.165) is 31.9 Å². The van der Waals surface area contributed by atoms with E-state index in [1.54, 1.807) is 6.33 Å². The summed E-state index contributed by atoms with van der Waals surface area (Å²) in [5, 5.41) is 9.79. The SMILES string of the molecule is CN1CCN(C(C#N)c2c(Cl)ncn2C)CC1. The molecule has 17 heavy (non-hydrogen) atoms. The molecule has 1 atom stereocenters. The van der Waals surface area contributed by atoms with Gasteiger partial charge in [-0.25, -0.2) is 4.98 Å². The summed E-state index contributed by atoms with van der Waals surface area (Å²) in [7, 11) is 3.96. The number of halogens is 1. The van der Waals surface area contributed by atoms with Gasteiger partial charge in [-0.05, 0) is 7.05 Å². The van der Waals surface area contributed by atoms with Crippen LogP contribution in [0.25, 0.3) is 0 Å². The Hall–Kier alpha value is -1.09. The van der Waals surface area contributed by atoms with Gasteiger partial charge in [-0.3, -0.25) is 4.90 Å². The molecule has 1 aliphatic rings. The highest BCUT2D eigenvalue weighted by Crippen LogP contribution is 2.26. The quantitative estimate of drug-likeness (QED) is 0.785. The molecule has 1 aliphatic heterocycles. The van der Waals surface area contributed by atoms with Crippen LogP contribution in [0.15, 0.2) is 6.33 Å². The van der Waals surface area contributed by atoms with Crippen molar-refractivity contribution in [1.82, 2.24) is 19.4 Å². The number of likely N-dealkylation sites (N-methyl/N-ethyl adjacent to an activating group) is 1. The second kappa shape index (κ2) is 5.05. The lowest BCUT2D eigenvalue weighted by molar-refractivity contribution is 0.130. The van der Waals surface area contributed by atoms with Gasteiger partial charge in [0.1, 0.15) is 6.04 Å². The van der Waals surface area contributed by atoms with Crippen molar-refractivity contribution >= 4 is 11.6 Å². The van der Waals surface area contributed by atoms with Crippen LogP contribution in [0.2, 0.25) is 5.15 Å². The molecule has 0 spiro atoms. The minimum Gasteiger partial charge on any atom is -0.334 e. The van der Waals surface area contributed by atoms with Crippen molar-refractivity contribution in [3.8, 4) is 6.07 Å². The first-order chi connectivity index (χ1) is 8.13. The van der Waals surface area contributed by atoms with Crippen molar-refractivity contribution in [1.29, 1.82) is 5.26 Å². The summed E-state index contributed by atoms with van der Waals surface area (Å²) in [5.74, 6) is 0. The number of aromatic nitrogens is 2. The number of piperazine rings is 1. The molecule has 2 heterocycles. The van der Waals surface area contributed by atoms with Gasteiger partial charge in [0.2, 0.25) is 0 Å². The molecule has 6 heteroatoms. The Bertz CT molecular complexity index is 408. The molecule has 2 rings (SSSR count). The molecule has 1 aromatic rings. The van der Waals surface area contributed by atoms with Crippen LogP contribution < -0.4 is 0 Å². The Kier molecular flexibility index (Phi) is 3.67. The molecule has 0 amide bonds. The molecule has 92 valence electrons. The maximum absolute atomic E-state index is 9.36. The number of hydrogen-bond acceptors (Lipinski definition) is 4. The normalized spacial score (nSPS) is 20.1. The van der Waals surface area contributed by atoms with Crippen LogP contribution >= 0.6 is 11.6 Å². The van der Waals surface area contributed by atoms with Gasteiger partial charge in [0.15, 0.2) is 5.15 Å². The number of nitrogens with zero attached hydrogens (tertiary/aromatic N) is 5. The Labute approximate surface area is 106 Å². The zero-order valence-electron chi connectivity index (χ0n) is 10.1. The van der Waals surface area contributed by atoms with Gasteiger partial charge < -0.3 is 9.47 Å². The minimum absolute atomic E-state index is 0.302. The third-order valence-corrected chi connectivity index (χ3v) is 3.51. The Morgan fingerprint density at radius 2 is 2.00 bits per heavy atom. The molecule has 0 N–H and O–H groups in total. The van der Waals surface area contributed by atoms with Crippen molar-refractivity contribution < 1.29 is 0 Å². The van der Waals surface area contributed by atoms with Crippen molar-refractivity contribution in [2.75, 3.05) is 33.2 Å². The topological polar surface area (TPSA) is 48.1 Å². The third kappa shape index (κ3) is 2.44. The molecule has 1 aromatic heterocycles. The molecule has 0 aliphatic carbocycles. The minimum atomic E-state index is -0.302. The largest absolute Gasteiger partial charge is 0.334 e. The second-order valence-electron chi connectivity index (χ2n) is 4.40. The number of hydrogen-bond donors (Lipinski definition) is 0. The van der Waals surface area contributed by atoms with Crippen molar-refractivity contribution in [3.05, 3.63) is 17.2 Å². The fraction of sp³-hybridized carbons (Fsp3) is 0.636. The number of nitriles is 1. The third-order valence-electron chi connectivity index (χ3n) is 3.22. The lowest BCUT2D eigenvalue weighted by Crippen LogP contribution is -2.46. The van der Waals surface area contributed by atoms with Crippen LogP contribution in [-0.4, -0.2) is 52.6 Å². The molecule has 1 fully saturated rings. The van der Waals surface area contributed by atoms with Gasteiger partial charge in [-0.2, -0.15) is 5.26 Å². The number of imidazole rings is 1. The van der Waals surface area contributed by atoms with E-state index in [4.69, 9.17) is 11.6 Å². The summed E-state index contributed by atoms with van der Waals surface area (Å²) in [5.41, 5.74) is 0.790. The second-order valence-corrected chi connectivity index (χ2v) is 4.76. The Morgan fingerprint density at radius 3 is 2.47 bits per heavy atom. The first-order valence-electron chi connectivity index (χ1n) is 5.62. The number of aryl methyl sites for hydroxylation is 1. The lowest BCUT2D eigenvalue weighted by Gasteiger charge is -2.35. The van der Waals surface area contributed by atoms with Crippen LogP contribution in [-0.2, 0) is 7.05 Å². The molecule has 0 bridgehead atoms. The van der Waals surface area contributed by atoms with Gasteiger partial charge >= 0.3 is 0 Å². The van der Waals surface area contributed by atoms with Crippen molar-refractivity contribution in [2.24, 2.45) is 7.05 Å². The molecular formula is C11H16ClN5. The molecule has 5 nitrogen and oxygen atoms in total. The standard InChI is InChI=1S/C11H16ClN5/c1-15-3-5-17(6-4-15)9(7-13)10-11(12)14-8-16(10)2/h8-9H,3-6H2,1-2H3. The monoisotopic (exact) mass is 253 g/mol. The zero-order valence-corrected chi connectivity index (χ0v) is 10.9. The van der Waals surface area contributed by atoms with E-state index in [-0.39, 0.29) is 6.04 Å². The van der Waals surface area contributed by atoms with Gasteiger partial charge in [-0.15, -0.1) is 0 Å². The Balaban J connectivity index is 2.20. The predicted octanol–water partition coefficient (Wildman–Crippen LogP) is 0.886. The van der Waals surface area contributed by atoms with E-state index in [1.165, 1.54) is 0 Å². The summed E-state index contributed by atoms with van der Waals surface area (Å²) >= 11 is 6.05. The maximum Gasteiger partial charge on any atom is 0.152 e. The summed E-state index contributed by atoms with van der Waals surface area (Å²) < 4.78 is 1.83.